The van der Waals surface area contributed by atoms with Crippen LogP contribution in [-0.4, -0.2) is 12.6 Å². The van der Waals surface area contributed by atoms with E-state index in [1.54, 1.807) is 6.07 Å². The molecule has 0 heterocycles. The first-order chi connectivity index (χ1) is 9.20. The van der Waals surface area contributed by atoms with E-state index in [1.807, 2.05) is 0 Å². The molecule has 1 fully saturated rings. The summed E-state index contributed by atoms with van der Waals surface area (Å²) in [5.41, 5.74) is 0.911. The van der Waals surface area contributed by atoms with Crippen LogP contribution in [-0.2, 0) is 6.42 Å². The Balaban J connectivity index is 2.06. The Bertz CT molecular complexity index is 406. The van der Waals surface area contributed by atoms with Crippen LogP contribution in [0.3, 0.4) is 0 Å². The second-order valence-corrected chi connectivity index (χ2v) is 5.51. The van der Waals surface area contributed by atoms with Crippen molar-refractivity contribution in [3.05, 3.63) is 35.4 Å². The van der Waals surface area contributed by atoms with Crippen molar-refractivity contribution < 1.29 is 8.78 Å². The Hall–Kier alpha value is -0.960. The summed E-state index contributed by atoms with van der Waals surface area (Å²) in [5.74, 6) is -0.953. The summed E-state index contributed by atoms with van der Waals surface area (Å²) in [6.45, 7) is 3.10. The number of halogens is 2. The third-order valence-electron chi connectivity index (χ3n) is 4.11. The Kier molecular flexibility index (Phi) is 5.32. The van der Waals surface area contributed by atoms with Gasteiger partial charge in [-0.3, -0.25) is 0 Å². The quantitative estimate of drug-likeness (QED) is 0.811. The van der Waals surface area contributed by atoms with E-state index in [-0.39, 0.29) is 0 Å². The number of hydrogen-bond donors (Lipinski definition) is 1. The lowest BCUT2D eigenvalue weighted by Gasteiger charge is -2.26. The third-order valence-corrected chi connectivity index (χ3v) is 4.11. The molecule has 1 aromatic rings. The lowest BCUT2D eigenvalue weighted by molar-refractivity contribution is 0.337. The molecule has 19 heavy (non-hydrogen) atoms. The van der Waals surface area contributed by atoms with Crippen LogP contribution in [0.15, 0.2) is 18.2 Å². The maximum atomic E-state index is 13.3. The van der Waals surface area contributed by atoms with Gasteiger partial charge in [-0.25, -0.2) is 8.78 Å². The molecule has 2 unspecified atom stereocenters. The Morgan fingerprint density at radius 3 is 2.63 bits per heavy atom. The molecule has 1 aliphatic carbocycles. The van der Waals surface area contributed by atoms with Gasteiger partial charge in [-0.1, -0.05) is 32.3 Å². The molecule has 2 atom stereocenters. The number of hydrogen-bond acceptors (Lipinski definition) is 1. The fraction of sp³-hybridized carbons (Fsp3) is 0.625. The maximum Gasteiger partial charge on any atom is 0.159 e. The largest absolute Gasteiger partial charge is 0.314 e. The zero-order valence-electron chi connectivity index (χ0n) is 11.6. The zero-order chi connectivity index (χ0) is 13.7. The van der Waals surface area contributed by atoms with Gasteiger partial charge in [-0.05, 0) is 49.4 Å². The lowest BCUT2D eigenvalue weighted by Crippen LogP contribution is -2.36. The normalized spacial score (nSPS) is 24.2. The van der Waals surface area contributed by atoms with Crippen molar-refractivity contribution in [2.75, 3.05) is 6.54 Å². The van der Waals surface area contributed by atoms with Crippen LogP contribution in [0, 0.1) is 17.6 Å². The Labute approximate surface area is 114 Å². The summed E-state index contributed by atoms with van der Waals surface area (Å²) >= 11 is 0. The average molecular weight is 267 g/mol. The van der Waals surface area contributed by atoms with Gasteiger partial charge < -0.3 is 5.32 Å². The summed E-state index contributed by atoms with van der Waals surface area (Å²) in [6, 6.07) is 4.82. The second-order valence-electron chi connectivity index (χ2n) is 5.51. The van der Waals surface area contributed by atoms with Crippen LogP contribution < -0.4 is 5.32 Å². The predicted molar refractivity (Wildman–Crippen MR) is 74.1 cm³/mol. The molecule has 1 N–H and O–H groups in total. The van der Waals surface area contributed by atoms with Gasteiger partial charge in [0, 0.05) is 6.04 Å². The molecular formula is C16H23F2N. The SMILES string of the molecule is CCNC1CCCCCC1Cc1ccc(F)c(F)c1. The van der Waals surface area contributed by atoms with Gasteiger partial charge >= 0.3 is 0 Å². The molecule has 0 saturated heterocycles. The minimum absolute atomic E-state index is 0.514. The molecule has 0 aromatic heterocycles. The molecule has 1 saturated carbocycles. The highest BCUT2D eigenvalue weighted by Gasteiger charge is 2.23. The first kappa shape index (κ1) is 14.4. The second kappa shape index (κ2) is 6.99. The van der Waals surface area contributed by atoms with E-state index in [0.717, 1.165) is 18.5 Å². The van der Waals surface area contributed by atoms with E-state index < -0.39 is 11.6 Å². The zero-order valence-corrected chi connectivity index (χ0v) is 11.6. The lowest BCUT2D eigenvalue weighted by atomic mass is 9.88. The highest BCUT2D eigenvalue weighted by atomic mass is 19.2. The standard InChI is InChI=1S/C16H23F2N/c1-2-19-16-7-5-3-4-6-13(16)10-12-8-9-14(17)15(18)11-12/h8-9,11,13,16,19H,2-7,10H2,1H3. The molecule has 0 amide bonds. The first-order valence-electron chi connectivity index (χ1n) is 7.38. The first-order valence-corrected chi connectivity index (χ1v) is 7.38. The molecule has 3 heteroatoms. The van der Waals surface area contributed by atoms with Crippen molar-refractivity contribution in [2.45, 2.75) is 51.5 Å². The van der Waals surface area contributed by atoms with E-state index in [2.05, 4.69) is 12.2 Å². The van der Waals surface area contributed by atoms with Crippen molar-refractivity contribution >= 4 is 0 Å². The molecule has 0 aliphatic heterocycles. The fourth-order valence-corrected chi connectivity index (χ4v) is 3.13. The van der Waals surface area contributed by atoms with Gasteiger partial charge in [0.1, 0.15) is 0 Å². The van der Waals surface area contributed by atoms with Crippen molar-refractivity contribution in [3.8, 4) is 0 Å². The minimum atomic E-state index is -0.757. The molecule has 1 nitrogen and oxygen atoms in total. The van der Waals surface area contributed by atoms with Gasteiger partial charge in [-0.15, -0.1) is 0 Å². The van der Waals surface area contributed by atoms with E-state index >= 15 is 0 Å². The van der Waals surface area contributed by atoms with E-state index in [0.29, 0.717) is 12.0 Å². The van der Waals surface area contributed by atoms with Crippen molar-refractivity contribution in [3.63, 3.8) is 0 Å². The number of rotatable bonds is 4. The predicted octanol–water partition coefficient (Wildman–Crippen LogP) is 4.07. The average Bonchev–Trinajstić information content (AvgIpc) is 2.61. The van der Waals surface area contributed by atoms with Gasteiger partial charge in [0.25, 0.3) is 0 Å². The van der Waals surface area contributed by atoms with Gasteiger partial charge in [0.15, 0.2) is 11.6 Å². The summed E-state index contributed by atoms with van der Waals surface area (Å²) in [5, 5.41) is 3.55. The summed E-state index contributed by atoms with van der Waals surface area (Å²) < 4.78 is 26.2. The summed E-state index contributed by atoms with van der Waals surface area (Å²) in [6.07, 6.45) is 7.02. The smallest absolute Gasteiger partial charge is 0.159 e. The van der Waals surface area contributed by atoms with Crippen molar-refractivity contribution in [2.24, 2.45) is 5.92 Å². The van der Waals surface area contributed by atoms with Gasteiger partial charge in [0.05, 0.1) is 0 Å². The summed E-state index contributed by atoms with van der Waals surface area (Å²) in [4.78, 5) is 0. The molecule has 0 radical (unpaired) electrons. The fourth-order valence-electron chi connectivity index (χ4n) is 3.13. The molecule has 1 aromatic carbocycles. The van der Waals surface area contributed by atoms with Crippen molar-refractivity contribution in [1.29, 1.82) is 0 Å². The van der Waals surface area contributed by atoms with Gasteiger partial charge in [0.2, 0.25) is 0 Å². The Morgan fingerprint density at radius 1 is 1.11 bits per heavy atom. The molecule has 0 spiro atoms. The van der Waals surface area contributed by atoms with Crippen LogP contribution in [0.1, 0.15) is 44.6 Å². The van der Waals surface area contributed by atoms with Gasteiger partial charge in [-0.2, -0.15) is 0 Å². The number of nitrogens with one attached hydrogen (secondary N) is 1. The molecule has 2 rings (SSSR count). The molecule has 0 bridgehead atoms. The van der Waals surface area contributed by atoms with E-state index in [9.17, 15) is 8.78 Å². The van der Waals surface area contributed by atoms with E-state index in [1.165, 1.54) is 44.2 Å². The minimum Gasteiger partial charge on any atom is -0.314 e. The highest BCUT2D eigenvalue weighted by molar-refractivity contribution is 5.18. The molecular weight excluding hydrogens is 244 g/mol. The Morgan fingerprint density at radius 2 is 1.89 bits per heavy atom. The van der Waals surface area contributed by atoms with Crippen LogP contribution >= 0.6 is 0 Å². The summed E-state index contributed by atoms with van der Waals surface area (Å²) in [7, 11) is 0. The van der Waals surface area contributed by atoms with E-state index in [4.69, 9.17) is 0 Å². The monoisotopic (exact) mass is 267 g/mol. The van der Waals surface area contributed by atoms with Crippen molar-refractivity contribution in [1.82, 2.24) is 5.32 Å². The van der Waals surface area contributed by atoms with Crippen LogP contribution in [0.2, 0.25) is 0 Å². The highest BCUT2D eigenvalue weighted by Crippen LogP contribution is 2.27. The maximum absolute atomic E-state index is 13.3. The molecule has 1 aliphatic rings. The van der Waals surface area contributed by atoms with Crippen LogP contribution in [0.5, 0.6) is 0 Å². The topological polar surface area (TPSA) is 12.0 Å². The van der Waals surface area contributed by atoms with Crippen LogP contribution in [0.25, 0.3) is 0 Å². The third kappa shape index (κ3) is 4.00. The number of benzene rings is 1. The van der Waals surface area contributed by atoms with Crippen LogP contribution in [0.4, 0.5) is 8.78 Å². The molecule has 106 valence electrons.